The van der Waals surface area contributed by atoms with E-state index < -0.39 is 6.10 Å². The van der Waals surface area contributed by atoms with Gasteiger partial charge in [0, 0.05) is 24.7 Å². The molecule has 2 atom stereocenters. The van der Waals surface area contributed by atoms with Gasteiger partial charge < -0.3 is 33.5 Å². The van der Waals surface area contributed by atoms with E-state index in [1.165, 1.54) is 7.11 Å². The molecule has 10 nitrogen and oxygen atoms in total. The van der Waals surface area contributed by atoms with E-state index in [1.807, 2.05) is 17.2 Å². The average molecular weight is 493 g/mol. The fraction of sp³-hybridized carbons (Fsp3) is 0.423. The molecule has 0 bridgehead atoms. The lowest BCUT2D eigenvalue weighted by Gasteiger charge is -2.27. The van der Waals surface area contributed by atoms with Crippen LogP contribution in [0.25, 0.3) is 0 Å². The van der Waals surface area contributed by atoms with Gasteiger partial charge in [0.2, 0.25) is 5.88 Å². The number of pyridine rings is 1. The molecule has 1 aromatic rings. The highest BCUT2D eigenvalue weighted by atomic mass is 16.6. The lowest BCUT2D eigenvalue weighted by Crippen LogP contribution is -2.44. The summed E-state index contributed by atoms with van der Waals surface area (Å²) in [7, 11) is 1.48. The Hall–Kier alpha value is -3.81. The Labute approximate surface area is 209 Å². The third-order valence-electron chi connectivity index (χ3n) is 6.39. The number of hydrogen-bond acceptors (Lipinski definition) is 9. The van der Waals surface area contributed by atoms with Crippen LogP contribution in [0.5, 0.6) is 5.88 Å². The summed E-state index contributed by atoms with van der Waals surface area (Å²) in [5, 5.41) is 9.41. The number of rotatable bonds is 6. The van der Waals surface area contributed by atoms with E-state index in [0.29, 0.717) is 49.9 Å². The lowest BCUT2D eigenvalue weighted by molar-refractivity contribution is -0.157. The summed E-state index contributed by atoms with van der Waals surface area (Å²) in [5.41, 5.74) is 2.00. The third-order valence-corrected chi connectivity index (χ3v) is 6.39. The number of amides is 1. The Morgan fingerprint density at radius 2 is 2.25 bits per heavy atom. The van der Waals surface area contributed by atoms with E-state index in [4.69, 9.17) is 23.7 Å². The number of carbonyl (C=O) groups excluding carboxylic acids is 1. The minimum absolute atomic E-state index is 0.0434. The zero-order chi connectivity index (χ0) is 24.9. The molecule has 4 aliphatic rings. The minimum Gasteiger partial charge on any atom is -0.488 e. The van der Waals surface area contributed by atoms with Gasteiger partial charge >= 0.3 is 0 Å². The van der Waals surface area contributed by atoms with Crippen molar-refractivity contribution in [3.05, 3.63) is 65.7 Å². The Morgan fingerprint density at radius 3 is 3.06 bits per heavy atom. The predicted molar refractivity (Wildman–Crippen MR) is 128 cm³/mol. The highest BCUT2D eigenvalue weighted by Gasteiger charge is 2.34. The van der Waals surface area contributed by atoms with Gasteiger partial charge in [-0.15, -0.1) is 0 Å². The molecule has 0 saturated carbocycles. The standard InChI is InChI=1S/C26H28N4O6/c1-32-25-18(13-27)12-19(14-28-25)29-8-9-34-23(16-29)21-4-2-3-5-22(21)36-20-6-7-30(15-20)26(31)24-17-33-10-11-35-24/h3,5,8-9,12,14,16,20,24H,2,4,6-7,10-11,15,17H2,1H3/t20-,24?/m0/s1. The Kier molecular flexibility index (Phi) is 7.21. The van der Waals surface area contributed by atoms with E-state index in [2.05, 4.69) is 17.1 Å². The maximum absolute atomic E-state index is 12.8. The predicted octanol–water partition coefficient (Wildman–Crippen LogP) is 2.75. The Balaban J connectivity index is 1.31. The normalized spacial score (nSPS) is 23.7. The maximum atomic E-state index is 12.8. The van der Waals surface area contributed by atoms with Crippen LogP contribution >= 0.6 is 0 Å². The second-order valence-electron chi connectivity index (χ2n) is 8.70. The molecule has 0 spiro atoms. The lowest BCUT2D eigenvalue weighted by atomic mass is 10.0. The largest absolute Gasteiger partial charge is 0.488 e. The van der Waals surface area contributed by atoms with Crippen LogP contribution in [-0.2, 0) is 23.7 Å². The molecule has 1 aliphatic carbocycles. The highest BCUT2D eigenvalue weighted by molar-refractivity contribution is 5.81. The van der Waals surface area contributed by atoms with Crippen molar-refractivity contribution in [2.45, 2.75) is 31.5 Å². The van der Waals surface area contributed by atoms with Crippen molar-refractivity contribution in [3.8, 4) is 11.9 Å². The van der Waals surface area contributed by atoms with Crippen molar-refractivity contribution >= 4 is 11.6 Å². The van der Waals surface area contributed by atoms with Gasteiger partial charge in [-0.1, -0.05) is 6.08 Å². The van der Waals surface area contributed by atoms with E-state index in [0.717, 1.165) is 30.6 Å². The van der Waals surface area contributed by atoms with E-state index in [1.54, 1.807) is 29.6 Å². The Bertz CT molecular complexity index is 1160. The fourth-order valence-corrected chi connectivity index (χ4v) is 4.54. The summed E-state index contributed by atoms with van der Waals surface area (Å²) in [5.74, 6) is 1.64. The summed E-state index contributed by atoms with van der Waals surface area (Å²) in [6.45, 7) is 2.39. The molecule has 1 amide bonds. The van der Waals surface area contributed by atoms with Crippen molar-refractivity contribution in [2.24, 2.45) is 0 Å². The van der Waals surface area contributed by atoms with Gasteiger partial charge in [-0.3, -0.25) is 4.79 Å². The second-order valence-corrected chi connectivity index (χ2v) is 8.70. The molecule has 36 heavy (non-hydrogen) atoms. The molecule has 3 aliphatic heterocycles. The fourth-order valence-electron chi connectivity index (χ4n) is 4.54. The third kappa shape index (κ3) is 5.08. The summed E-state index contributed by atoms with van der Waals surface area (Å²) >= 11 is 0. The number of carbonyl (C=O) groups is 1. The number of aromatic nitrogens is 1. The molecule has 2 saturated heterocycles. The van der Waals surface area contributed by atoms with Crippen LogP contribution in [0.4, 0.5) is 5.69 Å². The molecular weight excluding hydrogens is 464 g/mol. The molecule has 4 heterocycles. The van der Waals surface area contributed by atoms with Crippen LogP contribution in [0.2, 0.25) is 0 Å². The molecule has 0 aromatic carbocycles. The number of methoxy groups -OCH3 is 1. The number of allylic oxidation sites excluding steroid dienone is 3. The SMILES string of the molecule is COc1ncc(N2C=COC(C3=C(O[C@H]4CCN(C(=O)C5COCCO5)C4)C=CCC3)=C2)cc1C#N. The summed E-state index contributed by atoms with van der Waals surface area (Å²) in [6, 6.07) is 3.82. The van der Waals surface area contributed by atoms with Gasteiger partial charge in [0.1, 0.15) is 35.5 Å². The van der Waals surface area contributed by atoms with Gasteiger partial charge in [-0.25, -0.2) is 4.98 Å². The molecule has 0 radical (unpaired) electrons. The Morgan fingerprint density at radius 1 is 1.33 bits per heavy atom. The number of ether oxygens (including phenoxy) is 5. The zero-order valence-corrected chi connectivity index (χ0v) is 20.1. The highest BCUT2D eigenvalue weighted by Crippen LogP contribution is 2.33. The van der Waals surface area contributed by atoms with Crippen molar-refractivity contribution in [1.82, 2.24) is 9.88 Å². The molecule has 2 fully saturated rings. The van der Waals surface area contributed by atoms with Gasteiger partial charge in [0.25, 0.3) is 5.91 Å². The van der Waals surface area contributed by atoms with Gasteiger partial charge in [0.15, 0.2) is 6.10 Å². The zero-order valence-electron chi connectivity index (χ0n) is 20.1. The second kappa shape index (κ2) is 10.8. The topological polar surface area (TPSA) is 106 Å². The molecule has 1 aromatic heterocycles. The van der Waals surface area contributed by atoms with E-state index in [9.17, 15) is 10.1 Å². The van der Waals surface area contributed by atoms with Gasteiger partial charge in [-0.05, 0) is 25.0 Å². The van der Waals surface area contributed by atoms with Crippen LogP contribution in [0.15, 0.2) is 60.2 Å². The first kappa shape index (κ1) is 23.9. The average Bonchev–Trinajstić information content (AvgIpc) is 3.41. The molecule has 188 valence electrons. The first-order chi connectivity index (χ1) is 17.7. The van der Waals surface area contributed by atoms with Crippen LogP contribution < -0.4 is 9.64 Å². The summed E-state index contributed by atoms with van der Waals surface area (Å²) in [4.78, 5) is 20.6. The van der Waals surface area contributed by atoms with Crippen molar-refractivity contribution in [3.63, 3.8) is 0 Å². The number of nitrogens with zero attached hydrogens (tertiary/aromatic N) is 4. The summed E-state index contributed by atoms with van der Waals surface area (Å²) < 4.78 is 28.3. The first-order valence-electron chi connectivity index (χ1n) is 12.0. The monoisotopic (exact) mass is 492 g/mol. The molecule has 0 N–H and O–H groups in total. The summed E-state index contributed by atoms with van der Waals surface area (Å²) in [6.07, 6.45) is 12.6. The number of anilines is 1. The smallest absolute Gasteiger partial charge is 0.254 e. The van der Waals surface area contributed by atoms with Gasteiger partial charge in [-0.2, -0.15) is 5.26 Å². The molecule has 1 unspecified atom stereocenters. The first-order valence-corrected chi connectivity index (χ1v) is 12.0. The van der Waals surface area contributed by atoms with Crippen molar-refractivity contribution in [1.29, 1.82) is 5.26 Å². The van der Waals surface area contributed by atoms with Gasteiger partial charge in [0.05, 0.1) is 51.6 Å². The van der Waals surface area contributed by atoms with Crippen LogP contribution in [0.3, 0.4) is 0 Å². The van der Waals surface area contributed by atoms with Crippen LogP contribution in [-0.4, -0.2) is 68.0 Å². The maximum Gasteiger partial charge on any atom is 0.254 e. The van der Waals surface area contributed by atoms with Crippen LogP contribution in [0.1, 0.15) is 24.8 Å². The van der Waals surface area contributed by atoms with E-state index in [-0.39, 0.29) is 17.9 Å². The number of nitriles is 1. The number of hydrogen-bond donors (Lipinski definition) is 0. The van der Waals surface area contributed by atoms with Crippen LogP contribution in [0, 0.1) is 11.3 Å². The van der Waals surface area contributed by atoms with Crippen molar-refractivity contribution in [2.75, 3.05) is 44.9 Å². The van der Waals surface area contributed by atoms with E-state index >= 15 is 0 Å². The quantitative estimate of drug-likeness (QED) is 0.592. The molecule has 10 heteroatoms. The molecule has 5 rings (SSSR count). The molecular formula is C26H28N4O6. The van der Waals surface area contributed by atoms with Crippen molar-refractivity contribution < 1.29 is 28.5 Å². The number of likely N-dealkylation sites (tertiary alicyclic amines) is 1. The minimum atomic E-state index is -0.533.